The van der Waals surface area contributed by atoms with Gasteiger partial charge in [0.25, 0.3) is 5.91 Å². The molecule has 1 unspecified atom stereocenters. The number of ether oxygens (including phenoxy) is 4. The van der Waals surface area contributed by atoms with Crippen molar-refractivity contribution in [1.82, 2.24) is 4.98 Å². The molecule has 10 nitrogen and oxygen atoms in total. The van der Waals surface area contributed by atoms with Crippen LogP contribution in [-0.2, 0) is 35.4 Å². The third-order valence-electron chi connectivity index (χ3n) is 6.65. The van der Waals surface area contributed by atoms with E-state index in [1.54, 1.807) is 42.5 Å². The SMILES string of the molecule is COC(=O)c1cccc(COc2cnc(NC(=O)C(OC3CCOCC3)c3ccc(S(=O)(=O)C4CC4)cc3)s2)c1. The Labute approximate surface area is 236 Å². The van der Waals surface area contributed by atoms with Gasteiger partial charge in [-0.05, 0) is 61.1 Å². The number of methoxy groups -OCH3 is 1. The maximum Gasteiger partial charge on any atom is 0.337 e. The number of nitrogens with zero attached hydrogens (tertiary/aromatic N) is 1. The second-order valence-electron chi connectivity index (χ2n) is 9.60. The molecule has 5 rings (SSSR count). The highest BCUT2D eigenvalue weighted by Crippen LogP contribution is 2.35. The van der Waals surface area contributed by atoms with E-state index in [1.165, 1.54) is 13.3 Å². The highest BCUT2D eigenvalue weighted by atomic mass is 32.2. The van der Waals surface area contributed by atoms with Crippen LogP contribution in [0.2, 0.25) is 0 Å². The summed E-state index contributed by atoms with van der Waals surface area (Å²) in [7, 11) is -2.01. The van der Waals surface area contributed by atoms with Crippen molar-refractivity contribution in [3.05, 3.63) is 71.4 Å². The zero-order chi connectivity index (χ0) is 28.1. The van der Waals surface area contributed by atoms with Gasteiger partial charge in [-0.2, -0.15) is 0 Å². The molecule has 0 spiro atoms. The van der Waals surface area contributed by atoms with Gasteiger partial charge in [0.15, 0.2) is 26.1 Å². The first-order valence-corrected chi connectivity index (χ1v) is 15.3. The quantitative estimate of drug-likeness (QED) is 0.327. The number of thiazole rings is 1. The molecule has 2 aromatic carbocycles. The standard InChI is InChI=1S/C28H30N2O8S2/c1-35-27(32)20-4-2-3-18(15-20)17-37-24-16-29-28(39-24)30-26(31)25(38-21-11-13-36-14-12-21)19-5-7-22(8-6-19)40(33,34)23-9-10-23/h2-8,15-16,21,23,25H,9-14,17H2,1H3,(H,29,30,31). The number of amides is 1. The minimum absolute atomic E-state index is 0.171. The lowest BCUT2D eigenvalue weighted by atomic mass is 10.1. The number of nitrogens with one attached hydrogen (secondary N) is 1. The number of esters is 1. The van der Waals surface area contributed by atoms with Crippen LogP contribution < -0.4 is 10.1 Å². The molecule has 0 bridgehead atoms. The topological polar surface area (TPSA) is 130 Å². The van der Waals surface area contributed by atoms with Gasteiger partial charge in [-0.1, -0.05) is 35.6 Å². The van der Waals surface area contributed by atoms with Crippen molar-refractivity contribution in [3.8, 4) is 5.06 Å². The van der Waals surface area contributed by atoms with E-state index in [4.69, 9.17) is 18.9 Å². The zero-order valence-electron chi connectivity index (χ0n) is 21.9. The molecule has 212 valence electrons. The van der Waals surface area contributed by atoms with Crippen molar-refractivity contribution in [1.29, 1.82) is 0 Å². The molecular weight excluding hydrogens is 556 g/mol. The highest BCUT2D eigenvalue weighted by molar-refractivity contribution is 7.92. The second-order valence-corrected chi connectivity index (χ2v) is 12.8. The van der Waals surface area contributed by atoms with Crippen LogP contribution in [-0.4, -0.2) is 57.0 Å². The van der Waals surface area contributed by atoms with Gasteiger partial charge >= 0.3 is 5.97 Å². The first-order chi connectivity index (χ1) is 19.3. The van der Waals surface area contributed by atoms with Gasteiger partial charge in [0.1, 0.15) is 6.61 Å². The van der Waals surface area contributed by atoms with E-state index in [-0.39, 0.29) is 22.9 Å². The molecule has 1 saturated heterocycles. The van der Waals surface area contributed by atoms with Gasteiger partial charge in [0.2, 0.25) is 0 Å². The number of sulfone groups is 1. The van der Waals surface area contributed by atoms with Crippen molar-refractivity contribution in [3.63, 3.8) is 0 Å². The van der Waals surface area contributed by atoms with Crippen LogP contribution in [0.1, 0.15) is 53.3 Å². The molecule has 1 N–H and O–H groups in total. The molecule has 1 aromatic heterocycles. The molecule has 2 fully saturated rings. The molecule has 1 aliphatic heterocycles. The van der Waals surface area contributed by atoms with E-state index in [0.717, 1.165) is 16.9 Å². The van der Waals surface area contributed by atoms with Crippen LogP contribution >= 0.6 is 11.3 Å². The Bertz CT molecular complexity index is 1440. The molecule has 1 aliphatic carbocycles. The minimum atomic E-state index is -3.34. The van der Waals surface area contributed by atoms with E-state index in [2.05, 4.69) is 10.3 Å². The highest BCUT2D eigenvalue weighted by Gasteiger charge is 2.37. The first-order valence-electron chi connectivity index (χ1n) is 13.0. The van der Waals surface area contributed by atoms with Gasteiger partial charge in [0.05, 0.1) is 35.1 Å². The fraction of sp³-hybridized carbons (Fsp3) is 0.393. The maximum absolute atomic E-state index is 13.4. The molecule has 12 heteroatoms. The molecule has 2 aliphatic rings. The van der Waals surface area contributed by atoms with Crippen LogP contribution in [0.3, 0.4) is 0 Å². The largest absolute Gasteiger partial charge is 0.478 e. The lowest BCUT2D eigenvalue weighted by molar-refractivity contribution is -0.136. The van der Waals surface area contributed by atoms with Crippen LogP contribution in [0.4, 0.5) is 5.13 Å². The summed E-state index contributed by atoms with van der Waals surface area (Å²) in [6.07, 6.45) is 3.05. The van der Waals surface area contributed by atoms with Crippen molar-refractivity contribution in [2.45, 2.75) is 54.6 Å². The van der Waals surface area contributed by atoms with Gasteiger partial charge in [-0.15, -0.1) is 0 Å². The van der Waals surface area contributed by atoms with Gasteiger partial charge in [-0.3, -0.25) is 10.1 Å². The number of aromatic nitrogens is 1. The summed E-state index contributed by atoms with van der Waals surface area (Å²) in [5.41, 5.74) is 1.76. The van der Waals surface area contributed by atoms with Gasteiger partial charge < -0.3 is 18.9 Å². The Morgan fingerprint density at radius 3 is 2.55 bits per heavy atom. The van der Waals surface area contributed by atoms with Gasteiger partial charge in [-0.25, -0.2) is 18.2 Å². The smallest absolute Gasteiger partial charge is 0.337 e. The molecule has 0 radical (unpaired) electrons. The molecule has 3 aromatic rings. The summed E-state index contributed by atoms with van der Waals surface area (Å²) in [6.45, 7) is 1.30. The van der Waals surface area contributed by atoms with E-state index >= 15 is 0 Å². The summed E-state index contributed by atoms with van der Waals surface area (Å²) in [5.74, 6) is -0.850. The third kappa shape index (κ3) is 6.87. The lowest BCUT2D eigenvalue weighted by Crippen LogP contribution is -2.31. The van der Waals surface area contributed by atoms with Crippen molar-refractivity contribution in [2.24, 2.45) is 0 Å². The maximum atomic E-state index is 13.4. The van der Waals surface area contributed by atoms with E-state index < -0.39 is 27.8 Å². The molecule has 1 atom stereocenters. The predicted molar refractivity (Wildman–Crippen MR) is 147 cm³/mol. The van der Waals surface area contributed by atoms with Crippen LogP contribution in [0, 0.1) is 0 Å². The fourth-order valence-corrected chi connectivity index (χ4v) is 6.64. The normalized spacial score (nSPS) is 16.7. The summed E-state index contributed by atoms with van der Waals surface area (Å²) in [5, 5.41) is 3.31. The van der Waals surface area contributed by atoms with Crippen molar-refractivity contribution >= 4 is 38.2 Å². The molecule has 2 heterocycles. The predicted octanol–water partition coefficient (Wildman–Crippen LogP) is 4.32. The third-order valence-corrected chi connectivity index (χ3v) is 9.76. The zero-order valence-corrected chi connectivity index (χ0v) is 23.5. The summed E-state index contributed by atoms with van der Waals surface area (Å²) in [6, 6.07) is 13.3. The molecular formula is C28H30N2O8S2. The number of benzene rings is 2. The molecule has 1 amide bonds. The number of rotatable bonds is 11. The summed E-state index contributed by atoms with van der Waals surface area (Å²) in [4.78, 5) is 29.7. The average Bonchev–Trinajstić information content (AvgIpc) is 3.76. The number of carbonyl (C=O) groups excluding carboxylic acids is 2. The van der Waals surface area contributed by atoms with E-state index in [0.29, 0.717) is 60.2 Å². The van der Waals surface area contributed by atoms with Crippen LogP contribution in [0.5, 0.6) is 5.06 Å². The number of carbonyl (C=O) groups is 2. The summed E-state index contributed by atoms with van der Waals surface area (Å²) >= 11 is 1.16. The average molecular weight is 587 g/mol. The summed E-state index contributed by atoms with van der Waals surface area (Å²) < 4.78 is 47.4. The van der Waals surface area contributed by atoms with Crippen LogP contribution in [0.15, 0.2) is 59.6 Å². The minimum Gasteiger partial charge on any atom is -0.478 e. The lowest BCUT2D eigenvalue weighted by Gasteiger charge is -2.27. The fourth-order valence-electron chi connectivity index (χ4n) is 4.31. The van der Waals surface area contributed by atoms with Crippen molar-refractivity contribution in [2.75, 3.05) is 25.6 Å². The monoisotopic (exact) mass is 586 g/mol. The Balaban J connectivity index is 1.26. The van der Waals surface area contributed by atoms with Crippen LogP contribution in [0.25, 0.3) is 0 Å². The Hall–Kier alpha value is -3.32. The Kier molecular flexibility index (Phi) is 8.79. The second kappa shape index (κ2) is 12.5. The van der Waals surface area contributed by atoms with E-state index in [1.807, 2.05) is 6.07 Å². The number of hydrogen-bond acceptors (Lipinski definition) is 10. The number of hydrogen-bond donors (Lipinski definition) is 1. The Morgan fingerprint density at radius 2 is 1.85 bits per heavy atom. The van der Waals surface area contributed by atoms with Gasteiger partial charge in [0, 0.05) is 13.2 Å². The van der Waals surface area contributed by atoms with Crippen molar-refractivity contribution < 1.29 is 37.0 Å². The number of anilines is 1. The first kappa shape index (κ1) is 28.2. The Morgan fingerprint density at radius 1 is 1.10 bits per heavy atom. The molecule has 40 heavy (non-hydrogen) atoms. The molecule has 1 saturated carbocycles. The van der Waals surface area contributed by atoms with E-state index in [9.17, 15) is 18.0 Å².